The van der Waals surface area contributed by atoms with Gasteiger partial charge in [-0.1, -0.05) is 78.1 Å². The van der Waals surface area contributed by atoms with Crippen LogP contribution in [0.25, 0.3) is 0 Å². The van der Waals surface area contributed by atoms with E-state index in [1.54, 1.807) is 0 Å². The average Bonchev–Trinajstić information content (AvgIpc) is 2.37. The van der Waals surface area contributed by atoms with Crippen molar-refractivity contribution in [2.75, 3.05) is 6.16 Å². The number of thiol groups is 1. The fourth-order valence-corrected chi connectivity index (χ4v) is 3.80. The van der Waals surface area contributed by atoms with E-state index in [1.165, 1.54) is 64.2 Å². The molecule has 2 nitrogen and oxygen atoms in total. The predicted octanol–water partition coefficient (Wildman–Crippen LogP) is 6.00. The van der Waals surface area contributed by atoms with Crippen molar-refractivity contribution in [2.24, 2.45) is 5.92 Å². The molecule has 122 valence electrons. The molecule has 0 aliphatic heterocycles. The van der Waals surface area contributed by atoms with Crippen molar-refractivity contribution in [2.45, 2.75) is 90.9 Å². The minimum atomic E-state index is -2.83. The molecule has 0 saturated heterocycles. The van der Waals surface area contributed by atoms with E-state index in [-0.39, 0.29) is 0 Å². The lowest BCUT2D eigenvalue weighted by Crippen LogP contribution is -2.02. The molecule has 0 bridgehead atoms. The second kappa shape index (κ2) is 13.4. The SMILES string of the molecule is CCCCCC(CCCCC)CCCCC[P+](O)(O)S. The van der Waals surface area contributed by atoms with E-state index in [1.807, 2.05) is 0 Å². The van der Waals surface area contributed by atoms with E-state index >= 15 is 0 Å². The molecular weight excluding hydrogens is 287 g/mol. The van der Waals surface area contributed by atoms with Crippen molar-refractivity contribution in [3.05, 3.63) is 0 Å². The highest BCUT2D eigenvalue weighted by atomic mass is 32.7. The Kier molecular flexibility index (Phi) is 13.8. The number of rotatable bonds is 14. The highest BCUT2D eigenvalue weighted by Crippen LogP contribution is 2.55. The van der Waals surface area contributed by atoms with Gasteiger partial charge in [-0.15, -0.1) is 0 Å². The zero-order valence-corrected chi connectivity index (χ0v) is 15.3. The molecule has 0 aromatic carbocycles. The third kappa shape index (κ3) is 15.1. The lowest BCUT2D eigenvalue weighted by Gasteiger charge is -2.16. The van der Waals surface area contributed by atoms with Crippen LogP contribution in [0.4, 0.5) is 0 Å². The highest BCUT2D eigenvalue weighted by Gasteiger charge is 2.25. The normalized spacial score (nSPS) is 12.3. The van der Waals surface area contributed by atoms with Crippen LogP contribution >= 0.6 is 19.2 Å². The molecule has 0 fully saturated rings. The molecule has 4 heteroatoms. The van der Waals surface area contributed by atoms with Crippen LogP contribution in [0.5, 0.6) is 0 Å². The molecule has 0 aliphatic rings. The summed E-state index contributed by atoms with van der Waals surface area (Å²) >= 11 is 3.83. The second-order valence-corrected chi connectivity index (χ2v) is 9.88. The van der Waals surface area contributed by atoms with Crippen molar-refractivity contribution in [1.29, 1.82) is 0 Å². The summed E-state index contributed by atoms with van der Waals surface area (Å²) in [7, 11) is 0. The minimum absolute atomic E-state index is 0.479. The zero-order valence-electron chi connectivity index (χ0n) is 13.6. The average molecular weight is 324 g/mol. The van der Waals surface area contributed by atoms with E-state index < -0.39 is 6.92 Å². The first-order chi connectivity index (χ1) is 9.49. The summed E-state index contributed by atoms with van der Waals surface area (Å²) in [6.07, 6.45) is 15.9. The second-order valence-electron chi connectivity index (χ2n) is 6.12. The van der Waals surface area contributed by atoms with Gasteiger partial charge in [-0.25, -0.2) is 9.79 Å². The smallest absolute Gasteiger partial charge is 0.208 e. The molecule has 0 radical (unpaired) electrons. The molecule has 0 saturated carbocycles. The van der Waals surface area contributed by atoms with Crippen LogP contribution in [0.15, 0.2) is 0 Å². The Hall–Kier alpha value is 0.700. The Morgan fingerprint density at radius 1 is 0.750 bits per heavy atom. The molecule has 0 aliphatic carbocycles. The minimum Gasteiger partial charge on any atom is -0.208 e. The Morgan fingerprint density at radius 2 is 1.20 bits per heavy atom. The number of hydrogen-bond acceptors (Lipinski definition) is 3. The third-order valence-electron chi connectivity index (χ3n) is 4.00. The monoisotopic (exact) mass is 323 g/mol. The summed E-state index contributed by atoms with van der Waals surface area (Å²) in [4.78, 5) is 18.5. The van der Waals surface area contributed by atoms with E-state index in [4.69, 9.17) is 0 Å². The predicted molar refractivity (Wildman–Crippen MR) is 95.5 cm³/mol. The van der Waals surface area contributed by atoms with Gasteiger partial charge in [0.05, 0.1) is 12.2 Å². The van der Waals surface area contributed by atoms with Gasteiger partial charge >= 0.3 is 6.92 Å². The van der Waals surface area contributed by atoms with Gasteiger partial charge in [-0.3, -0.25) is 0 Å². The van der Waals surface area contributed by atoms with Gasteiger partial charge in [0.25, 0.3) is 0 Å². The van der Waals surface area contributed by atoms with Crippen molar-refractivity contribution >= 4 is 19.2 Å². The maximum atomic E-state index is 9.24. The first-order valence-corrected chi connectivity index (χ1v) is 11.6. The highest BCUT2D eigenvalue weighted by molar-refractivity contribution is 8.48. The summed E-state index contributed by atoms with van der Waals surface area (Å²) < 4.78 is 0. The summed E-state index contributed by atoms with van der Waals surface area (Å²) in [5.41, 5.74) is 0. The lowest BCUT2D eigenvalue weighted by molar-refractivity contribution is 0.372. The molecule has 20 heavy (non-hydrogen) atoms. The number of unbranched alkanes of at least 4 members (excludes halogenated alkanes) is 6. The third-order valence-corrected chi connectivity index (χ3v) is 5.52. The topological polar surface area (TPSA) is 40.5 Å². The van der Waals surface area contributed by atoms with Gasteiger partial charge in [0.2, 0.25) is 0 Å². The standard InChI is InChI=1S/C16H36O2PS/c1-3-5-8-12-16(13-9-6-4-2)14-10-7-11-15-19(17,18)20/h16-18,20H,3-15H2,1-2H3/q+1. The van der Waals surface area contributed by atoms with Crippen molar-refractivity contribution in [3.63, 3.8) is 0 Å². The van der Waals surface area contributed by atoms with Crippen LogP contribution in [0.1, 0.15) is 90.9 Å². The molecule has 0 atom stereocenters. The maximum Gasteiger partial charge on any atom is 0.323 e. The van der Waals surface area contributed by atoms with E-state index in [9.17, 15) is 9.79 Å². The lowest BCUT2D eigenvalue weighted by atomic mass is 9.90. The first-order valence-electron chi connectivity index (χ1n) is 8.56. The molecule has 0 heterocycles. The summed E-state index contributed by atoms with van der Waals surface area (Å²) in [6.45, 7) is 1.70. The quantitative estimate of drug-likeness (QED) is 0.208. The van der Waals surface area contributed by atoms with Gasteiger partial charge in [-0.05, 0) is 18.8 Å². The van der Waals surface area contributed by atoms with Crippen LogP contribution in [-0.4, -0.2) is 15.9 Å². The Balaban J connectivity index is 3.72. The summed E-state index contributed by atoms with van der Waals surface area (Å²) in [5, 5.41) is 0. The van der Waals surface area contributed by atoms with Crippen molar-refractivity contribution in [3.8, 4) is 0 Å². The fraction of sp³-hybridized carbons (Fsp3) is 1.00. The van der Waals surface area contributed by atoms with Gasteiger partial charge in [0.15, 0.2) is 0 Å². The van der Waals surface area contributed by atoms with Gasteiger partial charge in [-0.2, -0.15) is 0 Å². The van der Waals surface area contributed by atoms with E-state index in [2.05, 4.69) is 26.1 Å². The van der Waals surface area contributed by atoms with Crippen LogP contribution in [-0.2, 0) is 0 Å². The van der Waals surface area contributed by atoms with E-state index in [0.29, 0.717) is 6.16 Å². The van der Waals surface area contributed by atoms with Gasteiger partial charge < -0.3 is 0 Å². The zero-order chi connectivity index (χ0) is 15.3. The van der Waals surface area contributed by atoms with E-state index in [0.717, 1.165) is 18.8 Å². The fourth-order valence-electron chi connectivity index (χ4n) is 2.73. The molecule has 0 aromatic rings. The molecule has 0 spiro atoms. The largest absolute Gasteiger partial charge is 0.323 e. The van der Waals surface area contributed by atoms with Crippen LogP contribution in [0, 0.1) is 5.92 Å². The molecule has 0 amide bonds. The van der Waals surface area contributed by atoms with Gasteiger partial charge in [0, 0.05) is 0 Å². The Morgan fingerprint density at radius 3 is 1.60 bits per heavy atom. The number of hydrogen-bond donors (Lipinski definition) is 3. The summed E-state index contributed by atoms with van der Waals surface area (Å²) in [5.74, 6) is 0.895. The van der Waals surface area contributed by atoms with Crippen molar-refractivity contribution < 1.29 is 9.79 Å². The molecule has 0 rings (SSSR count). The Labute approximate surface area is 132 Å². The summed E-state index contributed by atoms with van der Waals surface area (Å²) in [6, 6.07) is 0. The van der Waals surface area contributed by atoms with Crippen molar-refractivity contribution in [1.82, 2.24) is 0 Å². The van der Waals surface area contributed by atoms with Crippen LogP contribution in [0.3, 0.4) is 0 Å². The maximum absolute atomic E-state index is 9.24. The van der Waals surface area contributed by atoms with Gasteiger partial charge in [0.1, 0.15) is 6.16 Å². The van der Waals surface area contributed by atoms with Crippen LogP contribution in [0.2, 0.25) is 0 Å². The molecule has 0 unspecified atom stereocenters. The molecule has 2 N–H and O–H groups in total. The van der Waals surface area contributed by atoms with Crippen LogP contribution < -0.4 is 0 Å². The first kappa shape index (κ1) is 20.7. The Bertz CT molecular complexity index is 197. The molecule has 0 aromatic heterocycles. The molecular formula is C16H36O2PS+.